The van der Waals surface area contributed by atoms with Crippen LogP contribution in [0.2, 0.25) is 15.1 Å². The normalized spacial score (nSPS) is 11.0. The van der Waals surface area contributed by atoms with E-state index in [0.717, 1.165) is 28.0 Å². The summed E-state index contributed by atoms with van der Waals surface area (Å²) in [6, 6.07) is 9.23. The molecule has 0 bridgehead atoms. The first-order valence-electron chi connectivity index (χ1n) is 6.88. The largest absolute Gasteiger partial charge is 0.497 e. The van der Waals surface area contributed by atoms with E-state index in [0.29, 0.717) is 21.6 Å². The molecule has 0 spiro atoms. The number of halogens is 3. The van der Waals surface area contributed by atoms with Gasteiger partial charge in [-0.1, -0.05) is 34.8 Å². The van der Waals surface area contributed by atoms with Gasteiger partial charge in [-0.3, -0.25) is 0 Å². The second kappa shape index (κ2) is 6.52. The van der Waals surface area contributed by atoms with Crippen LogP contribution in [0, 0.1) is 0 Å². The molecule has 0 aliphatic carbocycles. The number of hydrogen-bond acceptors (Lipinski definition) is 2. The van der Waals surface area contributed by atoms with Gasteiger partial charge in [0.15, 0.2) is 0 Å². The van der Waals surface area contributed by atoms with Gasteiger partial charge in [0.1, 0.15) is 11.5 Å². The Balaban J connectivity index is 2.13. The minimum absolute atomic E-state index is 0.468. The highest BCUT2D eigenvalue weighted by atomic mass is 35.5. The lowest BCUT2D eigenvalue weighted by molar-refractivity contribution is 0.398. The third-order valence-electron chi connectivity index (χ3n) is 3.75. The Labute approximate surface area is 149 Å². The van der Waals surface area contributed by atoms with Gasteiger partial charge in [-0.05, 0) is 18.2 Å². The minimum Gasteiger partial charge on any atom is -0.497 e. The van der Waals surface area contributed by atoms with Crippen molar-refractivity contribution in [1.82, 2.24) is 4.57 Å². The summed E-state index contributed by atoms with van der Waals surface area (Å²) in [6.07, 6.45) is 1.96. The molecule has 0 saturated heterocycles. The summed E-state index contributed by atoms with van der Waals surface area (Å²) in [6.45, 7) is 0.498. The molecular weight excluding hydrogens is 357 g/mol. The fourth-order valence-electron chi connectivity index (χ4n) is 2.55. The predicted molar refractivity (Wildman–Crippen MR) is 95.6 cm³/mol. The fraction of sp³-hybridized carbons (Fsp3) is 0.176. The van der Waals surface area contributed by atoms with Crippen molar-refractivity contribution in [3.8, 4) is 11.5 Å². The number of rotatable bonds is 4. The third kappa shape index (κ3) is 2.97. The molecule has 6 heteroatoms. The van der Waals surface area contributed by atoms with Gasteiger partial charge in [-0.25, -0.2) is 0 Å². The molecule has 0 saturated carbocycles. The van der Waals surface area contributed by atoms with E-state index >= 15 is 0 Å². The Bertz CT molecular complexity index is 874. The second-order valence-corrected chi connectivity index (χ2v) is 6.22. The average Bonchev–Trinajstić information content (AvgIpc) is 2.97. The summed E-state index contributed by atoms with van der Waals surface area (Å²) in [5.41, 5.74) is 1.74. The van der Waals surface area contributed by atoms with E-state index in [4.69, 9.17) is 44.3 Å². The molecule has 0 amide bonds. The number of aromatic nitrogens is 1. The zero-order chi connectivity index (χ0) is 16.6. The molecule has 23 heavy (non-hydrogen) atoms. The number of methoxy groups -OCH3 is 2. The van der Waals surface area contributed by atoms with Gasteiger partial charge < -0.3 is 14.0 Å². The quantitative estimate of drug-likeness (QED) is 0.553. The van der Waals surface area contributed by atoms with Crippen LogP contribution in [-0.2, 0) is 6.54 Å². The number of ether oxygens (including phenoxy) is 2. The molecule has 1 aromatic heterocycles. The van der Waals surface area contributed by atoms with E-state index in [1.807, 2.05) is 29.0 Å². The monoisotopic (exact) mass is 369 g/mol. The molecule has 0 aliphatic rings. The molecule has 0 atom stereocenters. The number of fused-ring (bicyclic) bond motifs is 1. The smallest absolute Gasteiger partial charge is 0.131 e. The van der Waals surface area contributed by atoms with Crippen LogP contribution < -0.4 is 9.47 Å². The van der Waals surface area contributed by atoms with E-state index in [2.05, 4.69) is 0 Å². The van der Waals surface area contributed by atoms with Crippen molar-refractivity contribution in [2.24, 2.45) is 0 Å². The Hall–Kier alpha value is -1.55. The van der Waals surface area contributed by atoms with Crippen LogP contribution in [-0.4, -0.2) is 18.8 Å². The summed E-state index contributed by atoms with van der Waals surface area (Å²) >= 11 is 18.7. The number of benzene rings is 2. The maximum atomic E-state index is 6.30. The first kappa shape index (κ1) is 16.3. The molecule has 120 valence electrons. The van der Waals surface area contributed by atoms with Crippen LogP contribution in [0.25, 0.3) is 10.9 Å². The van der Waals surface area contributed by atoms with Crippen molar-refractivity contribution in [1.29, 1.82) is 0 Å². The molecule has 3 nitrogen and oxygen atoms in total. The molecule has 1 heterocycles. The first-order chi connectivity index (χ1) is 11.0. The number of hydrogen-bond donors (Lipinski definition) is 0. The zero-order valence-corrected chi connectivity index (χ0v) is 14.8. The first-order valence-corrected chi connectivity index (χ1v) is 8.01. The molecule has 0 radical (unpaired) electrons. The van der Waals surface area contributed by atoms with E-state index in [1.165, 1.54) is 0 Å². The Kier molecular flexibility index (Phi) is 4.62. The van der Waals surface area contributed by atoms with Crippen molar-refractivity contribution in [2.75, 3.05) is 14.2 Å². The lowest BCUT2D eigenvalue weighted by Crippen LogP contribution is -2.00. The lowest BCUT2D eigenvalue weighted by atomic mass is 10.2. The van der Waals surface area contributed by atoms with Gasteiger partial charge in [0.2, 0.25) is 0 Å². The van der Waals surface area contributed by atoms with Crippen molar-refractivity contribution in [3.05, 3.63) is 57.2 Å². The van der Waals surface area contributed by atoms with Crippen LogP contribution >= 0.6 is 34.8 Å². The van der Waals surface area contributed by atoms with Crippen LogP contribution in [0.1, 0.15) is 5.56 Å². The molecule has 3 aromatic rings. The molecule has 3 rings (SSSR count). The summed E-state index contributed by atoms with van der Waals surface area (Å²) in [5, 5.41) is 2.52. The molecular formula is C17H14Cl3NO2. The maximum Gasteiger partial charge on any atom is 0.131 e. The van der Waals surface area contributed by atoms with Gasteiger partial charge in [-0.2, -0.15) is 0 Å². The Morgan fingerprint density at radius 1 is 0.957 bits per heavy atom. The predicted octanol–water partition coefficient (Wildman–Crippen LogP) is 5.67. The second-order valence-electron chi connectivity index (χ2n) is 5.03. The standard InChI is InChI=1S/C17H14Cl3NO2/c1-22-10-7-15-11(16(8-10)23-2)5-6-21(15)9-12-13(18)3-4-14(19)17(12)20/h3-8H,9H2,1-2H3. The topological polar surface area (TPSA) is 23.4 Å². The molecule has 0 fully saturated rings. The highest BCUT2D eigenvalue weighted by Gasteiger charge is 2.14. The number of nitrogens with zero attached hydrogens (tertiary/aromatic N) is 1. The SMILES string of the molecule is COc1cc(OC)c2ccn(Cc3c(Cl)ccc(Cl)c3Cl)c2c1. The van der Waals surface area contributed by atoms with E-state index < -0.39 is 0 Å². The van der Waals surface area contributed by atoms with Gasteiger partial charge in [0, 0.05) is 34.3 Å². The summed E-state index contributed by atoms with van der Waals surface area (Å²) in [4.78, 5) is 0. The average molecular weight is 371 g/mol. The van der Waals surface area contributed by atoms with Gasteiger partial charge in [-0.15, -0.1) is 0 Å². The molecule has 0 N–H and O–H groups in total. The zero-order valence-electron chi connectivity index (χ0n) is 12.6. The highest BCUT2D eigenvalue weighted by Crippen LogP contribution is 2.35. The lowest BCUT2D eigenvalue weighted by Gasteiger charge is -2.12. The molecule has 0 unspecified atom stereocenters. The van der Waals surface area contributed by atoms with Gasteiger partial charge in [0.05, 0.1) is 36.3 Å². The van der Waals surface area contributed by atoms with Crippen molar-refractivity contribution in [2.45, 2.75) is 6.54 Å². The van der Waals surface area contributed by atoms with Gasteiger partial charge in [0.25, 0.3) is 0 Å². The van der Waals surface area contributed by atoms with E-state index in [-0.39, 0.29) is 0 Å². The molecule has 2 aromatic carbocycles. The Morgan fingerprint density at radius 2 is 1.70 bits per heavy atom. The van der Waals surface area contributed by atoms with E-state index in [1.54, 1.807) is 26.4 Å². The van der Waals surface area contributed by atoms with E-state index in [9.17, 15) is 0 Å². The van der Waals surface area contributed by atoms with Gasteiger partial charge >= 0.3 is 0 Å². The fourth-order valence-corrected chi connectivity index (χ4v) is 3.21. The molecule has 0 aliphatic heterocycles. The van der Waals surface area contributed by atoms with Crippen molar-refractivity contribution in [3.63, 3.8) is 0 Å². The summed E-state index contributed by atoms with van der Waals surface area (Å²) in [7, 11) is 3.26. The van der Waals surface area contributed by atoms with Crippen molar-refractivity contribution >= 4 is 45.7 Å². The summed E-state index contributed by atoms with van der Waals surface area (Å²) in [5.74, 6) is 1.47. The Morgan fingerprint density at radius 3 is 2.39 bits per heavy atom. The van der Waals surface area contributed by atoms with Crippen molar-refractivity contribution < 1.29 is 9.47 Å². The minimum atomic E-state index is 0.468. The van der Waals surface area contributed by atoms with Crippen LogP contribution in [0.3, 0.4) is 0 Å². The highest BCUT2D eigenvalue weighted by molar-refractivity contribution is 6.44. The third-order valence-corrected chi connectivity index (χ3v) is 4.94. The summed E-state index contributed by atoms with van der Waals surface area (Å²) < 4.78 is 12.8. The van der Waals surface area contributed by atoms with Crippen LogP contribution in [0.5, 0.6) is 11.5 Å². The van der Waals surface area contributed by atoms with Crippen LogP contribution in [0.15, 0.2) is 36.5 Å². The van der Waals surface area contributed by atoms with Crippen LogP contribution in [0.4, 0.5) is 0 Å². The maximum absolute atomic E-state index is 6.30.